The van der Waals surface area contributed by atoms with E-state index in [1.807, 2.05) is 0 Å². The van der Waals surface area contributed by atoms with Gasteiger partial charge in [0.25, 0.3) is 20.0 Å². The minimum atomic E-state index is -3.97. The van der Waals surface area contributed by atoms with E-state index in [4.69, 9.17) is 4.74 Å². The third-order valence-electron chi connectivity index (χ3n) is 3.85. The quantitative estimate of drug-likeness (QED) is 0.513. The average Bonchev–Trinajstić information content (AvgIpc) is 2.68. The lowest BCUT2D eigenvalue weighted by atomic mass is 10.3. The first-order chi connectivity index (χ1) is 13.7. The Kier molecular flexibility index (Phi) is 6.15. The number of hydrogen-bond acceptors (Lipinski definition) is 5. The molecule has 0 saturated heterocycles. The van der Waals surface area contributed by atoms with E-state index >= 15 is 0 Å². The average molecular weight is 497 g/mol. The van der Waals surface area contributed by atoms with E-state index in [0.717, 1.165) is 0 Å². The van der Waals surface area contributed by atoms with Crippen molar-refractivity contribution in [3.05, 3.63) is 77.3 Å². The molecule has 152 valence electrons. The largest absolute Gasteiger partial charge is 0.495 e. The van der Waals surface area contributed by atoms with Gasteiger partial charge >= 0.3 is 0 Å². The third kappa shape index (κ3) is 5.08. The van der Waals surface area contributed by atoms with Crippen LogP contribution in [0.2, 0.25) is 0 Å². The minimum absolute atomic E-state index is 0.0484. The predicted octanol–water partition coefficient (Wildman–Crippen LogP) is 4.06. The summed E-state index contributed by atoms with van der Waals surface area (Å²) in [7, 11) is -6.42. The number of ether oxygens (including phenoxy) is 1. The van der Waals surface area contributed by atoms with Gasteiger partial charge in [0.05, 0.1) is 28.3 Å². The molecule has 0 saturated carbocycles. The molecular formula is C19H17BrN2O5S2. The summed E-state index contributed by atoms with van der Waals surface area (Å²) in [6.07, 6.45) is 0. The van der Waals surface area contributed by atoms with Gasteiger partial charge in [-0.25, -0.2) is 16.8 Å². The van der Waals surface area contributed by atoms with Gasteiger partial charge in [-0.3, -0.25) is 9.44 Å². The standard InChI is InChI=1S/C19H17BrN2O5S2/c1-27-19-11-3-2-10-18(19)22-29(25,26)17-9-5-7-15(13-17)21-28(23,24)16-8-4-6-14(20)12-16/h2-13,21-22H,1H3. The van der Waals surface area contributed by atoms with E-state index in [-0.39, 0.29) is 21.2 Å². The second kappa shape index (κ2) is 8.44. The number of sulfonamides is 2. The first-order valence-corrected chi connectivity index (χ1v) is 12.0. The van der Waals surface area contributed by atoms with Crippen molar-refractivity contribution in [1.82, 2.24) is 0 Å². The maximum absolute atomic E-state index is 12.8. The monoisotopic (exact) mass is 496 g/mol. The summed E-state index contributed by atoms with van der Waals surface area (Å²) in [6, 6.07) is 18.3. The second-order valence-electron chi connectivity index (χ2n) is 5.90. The number of rotatable bonds is 7. The maximum Gasteiger partial charge on any atom is 0.262 e. The Morgan fingerprint density at radius 2 is 1.38 bits per heavy atom. The molecule has 0 fully saturated rings. The van der Waals surface area contributed by atoms with Gasteiger partial charge in [0, 0.05) is 4.47 Å². The molecule has 3 rings (SSSR count). The Morgan fingerprint density at radius 3 is 2.07 bits per heavy atom. The van der Waals surface area contributed by atoms with Crippen LogP contribution in [0, 0.1) is 0 Å². The number of methoxy groups -OCH3 is 1. The van der Waals surface area contributed by atoms with Crippen molar-refractivity contribution in [2.45, 2.75) is 9.79 Å². The lowest BCUT2D eigenvalue weighted by Crippen LogP contribution is -2.16. The summed E-state index contributed by atoms with van der Waals surface area (Å²) < 4.78 is 61.3. The van der Waals surface area contributed by atoms with Crippen LogP contribution in [0.3, 0.4) is 0 Å². The van der Waals surface area contributed by atoms with Gasteiger partial charge in [-0.15, -0.1) is 0 Å². The summed E-state index contributed by atoms with van der Waals surface area (Å²) in [6.45, 7) is 0. The van der Waals surface area contributed by atoms with Crippen LogP contribution in [0.5, 0.6) is 5.75 Å². The molecule has 3 aromatic rings. The van der Waals surface area contributed by atoms with Gasteiger partial charge < -0.3 is 4.74 Å². The van der Waals surface area contributed by atoms with Crippen LogP contribution >= 0.6 is 15.9 Å². The molecule has 3 aromatic carbocycles. The van der Waals surface area contributed by atoms with Crippen LogP contribution in [0.1, 0.15) is 0 Å². The number of nitrogens with one attached hydrogen (secondary N) is 2. The van der Waals surface area contributed by atoms with E-state index in [2.05, 4.69) is 25.4 Å². The third-order valence-corrected chi connectivity index (χ3v) is 7.09. The molecule has 7 nitrogen and oxygen atoms in total. The lowest BCUT2D eigenvalue weighted by Gasteiger charge is -2.13. The van der Waals surface area contributed by atoms with Gasteiger partial charge in [0.15, 0.2) is 0 Å². The normalized spacial score (nSPS) is 11.7. The van der Waals surface area contributed by atoms with Crippen molar-refractivity contribution in [3.8, 4) is 5.75 Å². The van der Waals surface area contributed by atoms with Crippen LogP contribution in [0.4, 0.5) is 11.4 Å². The van der Waals surface area contributed by atoms with E-state index < -0.39 is 20.0 Å². The fourth-order valence-electron chi connectivity index (χ4n) is 2.51. The molecule has 0 spiro atoms. The number of anilines is 2. The zero-order valence-corrected chi connectivity index (χ0v) is 18.4. The van der Waals surface area contributed by atoms with Gasteiger partial charge in [0.1, 0.15) is 5.75 Å². The molecule has 0 aromatic heterocycles. The predicted molar refractivity (Wildman–Crippen MR) is 115 cm³/mol. The molecule has 2 N–H and O–H groups in total. The zero-order valence-electron chi connectivity index (χ0n) is 15.2. The van der Waals surface area contributed by atoms with Crippen molar-refractivity contribution >= 4 is 47.4 Å². The summed E-state index contributed by atoms with van der Waals surface area (Å²) >= 11 is 3.23. The number of halogens is 1. The van der Waals surface area contributed by atoms with Crippen molar-refractivity contribution in [2.24, 2.45) is 0 Å². The zero-order chi connectivity index (χ0) is 21.1. The molecule has 0 bridgehead atoms. The van der Waals surface area contributed by atoms with E-state index in [9.17, 15) is 16.8 Å². The second-order valence-corrected chi connectivity index (χ2v) is 10.2. The fraction of sp³-hybridized carbons (Fsp3) is 0.0526. The van der Waals surface area contributed by atoms with Crippen molar-refractivity contribution < 1.29 is 21.6 Å². The van der Waals surface area contributed by atoms with E-state index in [1.165, 1.54) is 43.5 Å². The molecule has 0 amide bonds. The molecular weight excluding hydrogens is 480 g/mol. The van der Waals surface area contributed by atoms with E-state index in [1.54, 1.807) is 36.4 Å². The topological polar surface area (TPSA) is 102 Å². The maximum atomic E-state index is 12.8. The fourth-order valence-corrected chi connectivity index (χ4v) is 5.27. The Hall–Kier alpha value is -2.56. The highest BCUT2D eigenvalue weighted by atomic mass is 79.9. The van der Waals surface area contributed by atoms with Crippen LogP contribution < -0.4 is 14.2 Å². The molecule has 0 heterocycles. The highest BCUT2D eigenvalue weighted by Crippen LogP contribution is 2.27. The summed E-state index contributed by atoms with van der Waals surface area (Å²) in [4.78, 5) is -0.0508. The van der Waals surface area contributed by atoms with Gasteiger partial charge in [-0.05, 0) is 48.5 Å². The Balaban J connectivity index is 1.89. The SMILES string of the molecule is COc1ccccc1NS(=O)(=O)c1cccc(NS(=O)(=O)c2cccc(Br)c2)c1. The molecule has 0 atom stereocenters. The van der Waals surface area contributed by atoms with Gasteiger partial charge in [0.2, 0.25) is 0 Å². The molecule has 10 heteroatoms. The first kappa shape index (κ1) is 21.2. The summed E-state index contributed by atoms with van der Waals surface area (Å²) in [5.74, 6) is 0.364. The molecule has 0 aliphatic carbocycles. The number of hydrogen-bond donors (Lipinski definition) is 2. The molecule has 0 radical (unpaired) electrons. The summed E-state index contributed by atoms with van der Waals surface area (Å²) in [5.41, 5.74) is 0.392. The van der Waals surface area contributed by atoms with Gasteiger partial charge in [-0.1, -0.05) is 40.2 Å². The first-order valence-electron chi connectivity index (χ1n) is 8.25. The molecule has 0 aliphatic heterocycles. The highest BCUT2D eigenvalue weighted by Gasteiger charge is 2.19. The number of para-hydroxylation sites is 2. The molecule has 29 heavy (non-hydrogen) atoms. The van der Waals surface area contributed by atoms with Crippen LogP contribution in [-0.2, 0) is 20.0 Å². The molecule has 0 unspecified atom stereocenters. The van der Waals surface area contributed by atoms with Crippen molar-refractivity contribution in [3.63, 3.8) is 0 Å². The van der Waals surface area contributed by atoms with Crippen molar-refractivity contribution in [1.29, 1.82) is 0 Å². The lowest BCUT2D eigenvalue weighted by molar-refractivity contribution is 0.417. The van der Waals surface area contributed by atoms with Crippen LogP contribution in [-0.4, -0.2) is 23.9 Å². The van der Waals surface area contributed by atoms with Crippen LogP contribution in [0.25, 0.3) is 0 Å². The minimum Gasteiger partial charge on any atom is -0.495 e. The smallest absolute Gasteiger partial charge is 0.262 e. The Morgan fingerprint density at radius 1 is 0.759 bits per heavy atom. The van der Waals surface area contributed by atoms with Crippen molar-refractivity contribution in [2.75, 3.05) is 16.6 Å². The Labute approximate surface area is 178 Å². The van der Waals surface area contributed by atoms with Gasteiger partial charge in [-0.2, -0.15) is 0 Å². The van der Waals surface area contributed by atoms with Crippen LogP contribution in [0.15, 0.2) is 87.1 Å². The summed E-state index contributed by atoms with van der Waals surface area (Å²) in [5, 5.41) is 0. The highest BCUT2D eigenvalue weighted by molar-refractivity contribution is 9.10. The number of benzene rings is 3. The van der Waals surface area contributed by atoms with E-state index in [0.29, 0.717) is 10.2 Å². The Bertz CT molecular complexity index is 1240. The molecule has 0 aliphatic rings.